The molecule has 0 aliphatic carbocycles. The fraction of sp³-hybridized carbons (Fsp3) is 0.188. The van der Waals surface area contributed by atoms with Gasteiger partial charge in [0.25, 0.3) is 0 Å². The van der Waals surface area contributed by atoms with E-state index in [9.17, 15) is 0 Å². The topological polar surface area (TPSA) is 40.9 Å². The second-order valence-electron chi connectivity index (χ2n) is 5.24. The van der Waals surface area contributed by atoms with E-state index in [0.717, 1.165) is 26.5 Å². The van der Waals surface area contributed by atoms with E-state index >= 15 is 0 Å². The van der Waals surface area contributed by atoms with Crippen LogP contribution in [0, 0.1) is 6.92 Å². The average molecular weight is 328 g/mol. The third-order valence-electron chi connectivity index (χ3n) is 3.25. The van der Waals surface area contributed by atoms with Gasteiger partial charge in [-0.3, -0.25) is 0 Å². The summed E-state index contributed by atoms with van der Waals surface area (Å²) in [5.41, 5.74) is 4.00. The van der Waals surface area contributed by atoms with Crippen LogP contribution in [0.4, 0.5) is 16.5 Å². The minimum absolute atomic E-state index is 0.657. The van der Waals surface area contributed by atoms with Crippen LogP contribution in [0.5, 0.6) is 0 Å². The van der Waals surface area contributed by atoms with Crippen LogP contribution in [0.2, 0.25) is 0 Å². The van der Waals surface area contributed by atoms with Crippen molar-refractivity contribution >= 4 is 50.7 Å². The summed E-state index contributed by atoms with van der Waals surface area (Å²) in [6.07, 6.45) is 0. The maximum Gasteiger partial charge on any atom is 0.231 e. The Hall–Kier alpha value is -1.92. The van der Waals surface area contributed by atoms with Crippen molar-refractivity contribution in [3.63, 3.8) is 0 Å². The van der Waals surface area contributed by atoms with Gasteiger partial charge in [-0.2, -0.15) is 0 Å². The van der Waals surface area contributed by atoms with E-state index in [2.05, 4.69) is 46.9 Å². The lowest BCUT2D eigenvalue weighted by atomic mass is 10.2. The van der Waals surface area contributed by atoms with Gasteiger partial charge in [0.15, 0.2) is 0 Å². The zero-order valence-electron chi connectivity index (χ0n) is 12.6. The van der Waals surface area contributed by atoms with Crippen LogP contribution < -0.4 is 4.90 Å². The molecule has 1 aromatic heterocycles. The van der Waals surface area contributed by atoms with Gasteiger partial charge in [-0.1, -0.05) is 17.4 Å². The van der Waals surface area contributed by atoms with Crippen molar-refractivity contribution in [3.8, 4) is 0 Å². The van der Waals surface area contributed by atoms with Crippen LogP contribution in [-0.4, -0.2) is 19.1 Å². The van der Waals surface area contributed by atoms with E-state index in [4.69, 9.17) is 0 Å². The van der Waals surface area contributed by atoms with E-state index in [1.807, 2.05) is 43.3 Å². The monoisotopic (exact) mass is 328 g/mol. The van der Waals surface area contributed by atoms with Crippen LogP contribution in [0.15, 0.2) is 51.5 Å². The first-order valence-electron chi connectivity index (χ1n) is 6.82. The molecule has 3 rings (SSSR count). The molecular formula is C16H16N4S2. The summed E-state index contributed by atoms with van der Waals surface area (Å²) < 4.78 is 1.13. The largest absolute Gasteiger partial charge is 0.378 e. The molecule has 0 fully saturated rings. The van der Waals surface area contributed by atoms with Gasteiger partial charge < -0.3 is 4.90 Å². The van der Waals surface area contributed by atoms with Crippen molar-refractivity contribution < 1.29 is 0 Å². The Bertz CT molecular complexity index is 852. The molecule has 0 saturated carbocycles. The minimum atomic E-state index is 0.657. The smallest absolute Gasteiger partial charge is 0.231 e. The summed E-state index contributed by atoms with van der Waals surface area (Å²) >= 11 is 6.01. The highest BCUT2D eigenvalue weighted by atomic mass is 32.1. The molecule has 0 amide bonds. The van der Waals surface area contributed by atoms with Gasteiger partial charge >= 0.3 is 0 Å². The first-order valence-corrected chi connectivity index (χ1v) is 8.08. The van der Waals surface area contributed by atoms with Crippen molar-refractivity contribution in [1.82, 2.24) is 4.98 Å². The average Bonchev–Trinajstić information content (AvgIpc) is 2.87. The number of aromatic nitrogens is 1. The molecule has 4 nitrogen and oxygen atoms in total. The number of hydrogen-bond acceptors (Lipinski definition) is 6. The number of azo groups is 1. The Labute approximate surface area is 138 Å². The van der Waals surface area contributed by atoms with E-state index < -0.39 is 0 Å². The standard InChI is InChI=1S/C16H16N4S2/c1-10-4-6-13-15(8-10)22-16(17-13)19-18-12-7-5-11(20(2)3)9-14(12)21/h4-9,21H,1-3H3. The first kappa shape index (κ1) is 15.0. The first-order chi connectivity index (χ1) is 10.5. The molecule has 2 aromatic carbocycles. The Kier molecular flexibility index (Phi) is 4.13. The number of rotatable bonds is 3. The fourth-order valence-corrected chi connectivity index (χ4v) is 3.17. The third kappa shape index (κ3) is 3.13. The number of nitrogens with zero attached hydrogens (tertiary/aromatic N) is 4. The van der Waals surface area contributed by atoms with Gasteiger partial charge in [0.1, 0.15) is 0 Å². The van der Waals surface area contributed by atoms with E-state index in [1.54, 1.807) is 0 Å². The van der Waals surface area contributed by atoms with Crippen molar-refractivity contribution in [2.75, 3.05) is 19.0 Å². The maximum absolute atomic E-state index is 4.47. The van der Waals surface area contributed by atoms with Crippen molar-refractivity contribution in [3.05, 3.63) is 42.0 Å². The minimum Gasteiger partial charge on any atom is -0.378 e. The molecule has 1 heterocycles. The van der Waals surface area contributed by atoms with E-state index in [0.29, 0.717) is 5.13 Å². The van der Waals surface area contributed by atoms with Gasteiger partial charge in [-0.05, 0) is 42.8 Å². The zero-order chi connectivity index (χ0) is 15.7. The van der Waals surface area contributed by atoms with Gasteiger partial charge in [0.2, 0.25) is 5.13 Å². The maximum atomic E-state index is 4.47. The molecule has 112 valence electrons. The predicted molar refractivity (Wildman–Crippen MR) is 96.6 cm³/mol. The van der Waals surface area contributed by atoms with Crippen molar-refractivity contribution in [1.29, 1.82) is 0 Å². The molecule has 0 spiro atoms. The summed E-state index contributed by atoms with van der Waals surface area (Å²) in [5, 5.41) is 9.18. The second-order valence-corrected chi connectivity index (χ2v) is 6.73. The number of anilines is 1. The number of fused-ring (bicyclic) bond motifs is 1. The molecule has 0 unspecified atom stereocenters. The molecule has 0 radical (unpaired) electrons. The lowest BCUT2D eigenvalue weighted by Gasteiger charge is -2.12. The van der Waals surface area contributed by atoms with Gasteiger partial charge in [0.05, 0.1) is 15.9 Å². The highest BCUT2D eigenvalue weighted by molar-refractivity contribution is 7.80. The number of aryl methyl sites for hydroxylation is 1. The third-order valence-corrected chi connectivity index (χ3v) is 4.51. The molecule has 22 heavy (non-hydrogen) atoms. The zero-order valence-corrected chi connectivity index (χ0v) is 14.3. The van der Waals surface area contributed by atoms with Crippen LogP contribution in [-0.2, 0) is 0 Å². The summed E-state index contributed by atoms with van der Waals surface area (Å²) in [6, 6.07) is 12.1. The van der Waals surface area contributed by atoms with Gasteiger partial charge in [-0.25, -0.2) is 4.98 Å². The molecule has 0 aliphatic heterocycles. The van der Waals surface area contributed by atoms with Crippen molar-refractivity contribution in [2.24, 2.45) is 10.2 Å². The second kappa shape index (κ2) is 6.06. The number of benzene rings is 2. The predicted octanol–water partition coefficient (Wildman–Crippen LogP) is 5.37. The Morgan fingerprint density at radius 2 is 1.91 bits per heavy atom. The van der Waals surface area contributed by atoms with Crippen LogP contribution in [0.3, 0.4) is 0 Å². The Morgan fingerprint density at radius 3 is 2.64 bits per heavy atom. The fourth-order valence-electron chi connectivity index (χ4n) is 2.03. The Balaban J connectivity index is 1.89. The molecule has 3 aromatic rings. The van der Waals surface area contributed by atoms with Crippen LogP contribution >= 0.6 is 24.0 Å². The summed E-state index contributed by atoms with van der Waals surface area (Å²) in [6.45, 7) is 2.07. The molecular weight excluding hydrogens is 312 g/mol. The SMILES string of the molecule is Cc1ccc2nc(N=Nc3ccc(N(C)C)cc3S)sc2c1. The number of thiazole rings is 1. The Morgan fingerprint density at radius 1 is 1.09 bits per heavy atom. The van der Waals surface area contributed by atoms with Crippen LogP contribution in [0.1, 0.15) is 5.56 Å². The lowest BCUT2D eigenvalue weighted by Crippen LogP contribution is -2.08. The normalized spacial score (nSPS) is 11.5. The van der Waals surface area contributed by atoms with Crippen LogP contribution in [0.25, 0.3) is 10.2 Å². The molecule has 0 atom stereocenters. The van der Waals surface area contributed by atoms with Gasteiger partial charge in [-0.15, -0.1) is 22.9 Å². The highest BCUT2D eigenvalue weighted by Gasteiger charge is 2.04. The van der Waals surface area contributed by atoms with Gasteiger partial charge in [0, 0.05) is 24.7 Å². The summed E-state index contributed by atoms with van der Waals surface area (Å²) in [5.74, 6) is 0. The molecule has 0 bridgehead atoms. The van der Waals surface area contributed by atoms with E-state index in [1.165, 1.54) is 16.9 Å². The number of hydrogen-bond donors (Lipinski definition) is 1. The number of thiol groups is 1. The summed E-state index contributed by atoms with van der Waals surface area (Å²) in [7, 11) is 3.99. The van der Waals surface area contributed by atoms with E-state index in [-0.39, 0.29) is 0 Å². The molecule has 6 heteroatoms. The molecule has 0 N–H and O–H groups in total. The lowest BCUT2D eigenvalue weighted by molar-refractivity contribution is 1.11. The molecule has 0 saturated heterocycles. The summed E-state index contributed by atoms with van der Waals surface area (Å²) in [4.78, 5) is 7.29. The molecule has 0 aliphatic rings. The highest BCUT2D eigenvalue weighted by Crippen LogP contribution is 2.32. The van der Waals surface area contributed by atoms with Crippen molar-refractivity contribution in [2.45, 2.75) is 11.8 Å². The quantitative estimate of drug-likeness (QED) is 0.518.